The number of rotatable bonds is 4. The van der Waals surface area contributed by atoms with Crippen LogP contribution in [0.3, 0.4) is 0 Å². The fourth-order valence-corrected chi connectivity index (χ4v) is 2.45. The summed E-state index contributed by atoms with van der Waals surface area (Å²) in [4.78, 5) is 12.6. The largest absolute Gasteiger partial charge is 0.504 e. The fraction of sp³-hybridized carbons (Fsp3) is 0.211. The van der Waals surface area contributed by atoms with E-state index in [2.05, 4.69) is 0 Å². The number of phenols is 2. The fourth-order valence-electron chi connectivity index (χ4n) is 2.45. The zero-order valence-electron chi connectivity index (χ0n) is 13.3. The molecule has 0 spiro atoms. The molecule has 0 aliphatic carbocycles. The summed E-state index contributed by atoms with van der Waals surface area (Å²) in [5.74, 6) is 0.643. The van der Waals surface area contributed by atoms with Crippen LogP contribution in [-0.2, 0) is 0 Å². The van der Waals surface area contributed by atoms with Gasteiger partial charge in [-0.2, -0.15) is 0 Å². The summed E-state index contributed by atoms with van der Waals surface area (Å²) in [7, 11) is 0. The molecule has 5 nitrogen and oxygen atoms in total. The average Bonchev–Trinajstić information content (AvgIpc) is 2.58. The molecule has 1 aliphatic rings. The van der Waals surface area contributed by atoms with Gasteiger partial charge in [0.2, 0.25) is 0 Å². The summed E-state index contributed by atoms with van der Waals surface area (Å²) >= 11 is 0. The number of carbonyl (C=O) groups is 1. The summed E-state index contributed by atoms with van der Waals surface area (Å²) in [6.07, 6.45) is 2.55. The lowest BCUT2D eigenvalue weighted by Gasteiger charge is -2.19. The van der Waals surface area contributed by atoms with Crippen molar-refractivity contribution in [2.45, 2.75) is 13.3 Å². The van der Waals surface area contributed by atoms with Crippen LogP contribution >= 0.6 is 0 Å². The van der Waals surface area contributed by atoms with Crippen LogP contribution in [-0.4, -0.2) is 29.2 Å². The summed E-state index contributed by atoms with van der Waals surface area (Å²) < 4.78 is 11.2. The zero-order chi connectivity index (χ0) is 17.1. The minimum Gasteiger partial charge on any atom is -0.504 e. The third-order valence-electron chi connectivity index (χ3n) is 3.69. The Labute approximate surface area is 139 Å². The van der Waals surface area contributed by atoms with Gasteiger partial charge in [-0.15, -0.1) is 0 Å². The van der Waals surface area contributed by atoms with Gasteiger partial charge in [-0.05, 0) is 42.3 Å². The Morgan fingerprint density at radius 1 is 1.17 bits per heavy atom. The molecule has 0 saturated carbocycles. The van der Waals surface area contributed by atoms with E-state index in [1.165, 1.54) is 12.1 Å². The van der Waals surface area contributed by atoms with Crippen molar-refractivity contribution in [1.82, 2.24) is 0 Å². The van der Waals surface area contributed by atoms with Crippen LogP contribution in [0.1, 0.15) is 29.3 Å². The second kappa shape index (κ2) is 6.66. The standard InChI is InChI=1S/C19H18O5/c1-2-7-23-14-4-5-15-18(10-14)24-11-13(19(15)22)8-12-3-6-16(20)17(21)9-12/h3-6,8-10,20-21H,2,7,11H2,1H3. The lowest BCUT2D eigenvalue weighted by atomic mass is 9.98. The van der Waals surface area contributed by atoms with Gasteiger partial charge in [0, 0.05) is 11.6 Å². The van der Waals surface area contributed by atoms with Gasteiger partial charge in [0.05, 0.1) is 12.2 Å². The van der Waals surface area contributed by atoms with E-state index in [-0.39, 0.29) is 23.9 Å². The number of hydrogen-bond donors (Lipinski definition) is 2. The summed E-state index contributed by atoms with van der Waals surface area (Å²) in [6, 6.07) is 9.57. The predicted molar refractivity (Wildman–Crippen MR) is 89.8 cm³/mol. The van der Waals surface area contributed by atoms with Crippen LogP contribution in [0.4, 0.5) is 0 Å². The monoisotopic (exact) mass is 326 g/mol. The first-order valence-corrected chi connectivity index (χ1v) is 7.75. The van der Waals surface area contributed by atoms with E-state index in [9.17, 15) is 15.0 Å². The molecular weight excluding hydrogens is 308 g/mol. The molecular formula is C19H18O5. The molecule has 0 aromatic heterocycles. The number of phenolic OH excluding ortho intramolecular Hbond substituents is 2. The third-order valence-corrected chi connectivity index (χ3v) is 3.69. The minimum absolute atomic E-state index is 0.120. The van der Waals surface area contributed by atoms with Gasteiger partial charge in [0.1, 0.15) is 18.1 Å². The van der Waals surface area contributed by atoms with Crippen molar-refractivity contribution < 1.29 is 24.5 Å². The molecule has 124 valence electrons. The summed E-state index contributed by atoms with van der Waals surface area (Å²) in [6.45, 7) is 2.78. The maximum Gasteiger partial charge on any atom is 0.196 e. The van der Waals surface area contributed by atoms with Crippen molar-refractivity contribution in [3.8, 4) is 23.0 Å². The Morgan fingerprint density at radius 2 is 2.00 bits per heavy atom. The molecule has 2 N–H and O–H groups in total. The van der Waals surface area contributed by atoms with Gasteiger partial charge in [-0.25, -0.2) is 0 Å². The van der Waals surface area contributed by atoms with Crippen LogP contribution in [0, 0.1) is 0 Å². The number of Topliss-reactive ketones (excluding diaryl/α,β-unsaturated/α-hetero) is 1. The van der Waals surface area contributed by atoms with E-state index in [1.807, 2.05) is 6.92 Å². The van der Waals surface area contributed by atoms with E-state index in [0.29, 0.717) is 34.8 Å². The number of ether oxygens (including phenoxy) is 2. The van der Waals surface area contributed by atoms with Crippen molar-refractivity contribution in [2.75, 3.05) is 13.2 Å². The number of fused-ring (bicyclic) bond motifs is 1. The van der Waals surface area contributed by atoms with Gasteiger partial charge in [-0.1, -0.05) is 13.0 Å². The minimum atomic E-state index is -0.230. The third kappa shape index (κ3) is 3.20. The van der Waals surface area contributed by atoms with E-state index in [4.69, 9.17) is 9.47 Å². The molecule has 0 amide bonds. The van der Waals surface area contributed by atoms with E-state index < -0.39 is 0 Å². The highest BCUT2D eigenvalue weighted by Crippen LogP contribution is 2.32. The molecule has 0 atom stereocenters. The van der Waals surface area contributed by atoms with E-state index in [1.54, 1.807) is 30.3 Å². The average molecular weight is 326 g/mol. The van der Waals surface area contributed by atoms with Crippen LogP contribution in [0.2, 0.25) is 0 Å². The predicted octanol–water partition coefficient (Wildman–Crippen LogP) is 3.55. The van der Waals surface area contributed by atoms with Crippen molar-refractivity contribution in [3.05, 3.63) is 53.1 Å². The summed E-state index contributed by atoms with van der Waals surface area (Å²) in [5, 5.41) is 18.9. The van der Waals surface area contributed by atoms with Gasteiger partial charge >= 0.3 is 0 Å². The van der Waals surface area contributed by atoms with Gasteiger partial charge in [-0.3, -0.25) is 4.79 Å². The van der Waals surface area contributed by atoms with E-state index >= 15 is 0 Å². The normalized spacial score (nSPS) is 15.0. The lowest BCUT2D eigenvalue weighted by Crippen LogP contribution is -2.19. The molecule has 0 radical (unpaired) electrons. The number of benzene rings is 2. The molecule has 5 heteroatoms. The molecule has 0 bridgehead atoms. The van der Waals surface area contributed by atoms with E-state index in [0.717, 1.165) is 6.42 Å². The molecule has 2 aromatic carbocycles. The molecule has 1 aliphatic heterocycles. The number of hydrogen-bond acceptors (Lipinski definition) is 5. The van der Waals surface area contributed by atoms with Crippen molar-refractivity contribution >= 4 is 11.9 Å². The number of carbonyl (C=O) groups excluding carboxylic acids is 1. The molecule has 24 heavy (non-hydrogen) atoms. The SMILES string of the molecule is CCCOc1ccc2c(c1)OCC(=Cc1ccc(O)c(O)c1)C2=O. The maximum absolute atomic E-state index is 12.6. The van der Waals surface area contributed by atoms with Crippen LogP contribution in [0.5, 0.6) is 23.0 Å². The lowest BCUT2D eigenvalue weighted by molar-refractivity contribution is 0.100. The van der Waals surface area contributed by atoms with Gasteiger partial charge in [0.25, 0.3) is 0 Å². The Kier molecular flexibility index (Phi) is 4.42. The van der Waals surface area contributed by atoms with Crippen LogP contribution in [0.25, 0.3) is 6.08 Å². The van der Waals surface area contributed by atoms with Crippen molar-refractivity contribution in [2.24, 2.45) is 0 Å². The Bertz CT molecular complexity index is 807. The highest BCUT2D eigenvalue weighted by atomic mass is 16.5. The van der Waals surface area contributed by atoms with Crippen molar-refractivity contribution in [1.29, 1.82) is 0 Å². The molecule has 0 fully saturated rings. The van der Waals surface area contributed by atoms with Crippen LogP contribution in [0.15, 0.2) is 42.0 Å². The number of aromatic hydroxyl groups is 2. The zero-order valence-corrected chi connectivity index (χ0v) is 13.3. The first kappa shape index (κ1) is 15.9. The topological polar surface area (TPSA) is 76.0 Å². The Hall–Kier alpha value is -2.95. The highest BCUT2D eigenvalue weighted by molar-refractivity contribution is 6.14. The highest BCUT2D eigenvalue weighted by Gasteiger charge is 2.23. The Balaban J connectivity index is 1.86. The molecule has 2 aromatic rings. The Morgan fingerprint density at radius 3 is 2.75 bits per heavy atom. The van der Waals surface area contributed by atoms with Gasteiger partial charge in [0.15, 0.2) is 17.3 Å². The molecule has 1 heterocycles. The van der Waals surface area contributed by atoms with Gasteiger partial charge < -0.3 is 19.7 Å². The van der Waals surface area contributed by atoms with Crippen LogP contribution < -0.4 is 9.47 Å². The quantitative estimate of drug-likeness (QED) is 0.664. The first-order chi connectivity index (χ1) is 11.6. The molecule has 0 saturated heterocycles. The first-order valence-electron chi connectivity index (χ1n) is 7.75. The van der Waals surface area contributed by atoms with Crippen molar-refractivity contribution in [3.63, 3.8) is 0 Å². The number of ketones is 1. The molecule has 0 unspecified atom stereocenters. The second-order valence-electron chi connectivity index (χ2n) is 5.54. The maximum atomic E-state index is 12.6. The summed E-state index contributed by atoms with van der Waals surface area (Å²) in [5.41, 5.74) is 1.58. The molecule has 3 rings (SSSR count). The smallest absolute Gasteiger partial charge is 0.196 e. The second-order valence-corrected chi connectivity index (χ2v) is 5.54.